The molecule has 0 aromatic carbocycles. The molecule has 0 amide bonds. The molecule has 0 aromatic rings. The Morgan fingerprint density at radius 1 is 1.37 bits per heavy atom. The molecular formula is C14H28N2O2S. The maximum atomic E-state index is 11.4. The Labute approximate surface area is 119 Å². The molecule has 2 heterocycles. The van der Waals surface area contributed by atoms with E-state index in [2.05, 4.69) is 24.1 Å². The number of ether oxygens (including phenoxy) is 1. The predicted molar refractivity (Wildman–Crippen MR) is 79.9 cm³/mol. The highest BCUT2D eigenvalue weighted by molar-refractivity contribution is 7.85. The first-order valence-corrected chi connectivity index (χ1v) is 8.97. The van der Waals surface area contributed by atoms with E-state index in [1.165, 1.54) is 12.8 Å². The Balaban J connectivity index is 1.90. The van der Waals surface area contributed by atoms with E-state index in [0.717, 1.165) is 50.9 Å². The molecule has 1 atom stereocenters. The Kier molecular flexibility index (Phi) is 5.81. The van der Waals surface area contributed by atoms with Gasteiger partial charge in [0.1, 0.15) is 0 Å². The summed E-state index contributed by atoms with van der Waals surface area (Å²) in [4.78, 5) is 2.48. The van der Waals surface area contributed by atoms with Crippen LogP contribution in [0.3, 0.4) is 0 Å². The molecule has 0 bridgehead atoms. The van der Waals surface area contributed by atoms with Crippen molar-refractivity contribution in [2.75, 3.05) is 50.9 Å². The molecule has 0 aromatic heterocycles. The van der Waals surface area contributed by atoms with E-state index in [4.69, 9.17) is 4.74 Å². The monoisotopic (exact) mass is 288 g/mol. The van der Waals surface area contributed by atoms with Gasteiger partial charge in [-0.1, -0.05) is 13.8 Å². The fraction of sp³-hybridized carbons (Fsp3) is 1.00. The van der Waals surface area contributed by atoms with E-state index >= 15 is 0 Å². The molecule has 112 valence electrons. The van der Waals surface area contributed by atoms with Crippen molar-refractivity contribution in [1.82, 2.24) is 10.2 Å². The van der Waals surface area contributed by atoms with Gasteiger partial charge in [-0.3, -0.25) is 4.21 Å². The number of nitrogens with one attached hydrogen (secondary N) is 1. The van der Waals surface area contributed by atoms with Crippen molar-refractivity contribution in [3.63, 3.8) is 0 Å². The fourth-order valence-electron chi connectivity index (χ4n) is 2.96. The maximum absolute atomic E-state index is 11.4. The van der Waals surface area contributed by atoms with Gasteiger partial charge in [0.2, 0.25) is 0 Å². The highest BCUT2D eigenvalue weighted by Crippen LogP contribution is 2.29. The summed E-state index contributed by atoms with van der Waals surface area (Å²) in [5.74, 6) is 1.68. The normalized spacial score (nSPS) is 30.9. The summed E-state index contributed by atoms with van der Waals surface area (Å²) in [6, 6.07) is 0.521. The van der Waals surface area contributed by atoms with Gasteiger partial charge in [-0.15, -0.1) is 0 Å². The lowest BCUT2D eigenvalue weighted by molar-refractivity contribution is -0.0258. The van der Waals surface area contributed by atoms with Gasteiger partial charge in [-0.2, -0.15) is 0 Å². The Hall–Kier alpha value is 0.0300. The molecular weight excluding hydrogens is 260 g/mol. The van der Waals surface area contributed by atoms with E-state index < -0.39 is 10.8 Å². The summed E-state index contributed by atoms with van der Waals surface area (Å²) in [6.07, 6.45) is 2.41. The van der Waals surface area contributed by atoms with Gasteiger partial charge in [0.05, 0.1) is 6.61 Å². The van der Waals surface area contributed by atoms with Gasteiger partial charge in [0, 0.05) is 66.5 Å². The molecule has 4 nitrogen and oxygen atoms in total. The zero-order valence-corrected chi connectivity index (χ0v) is 13.1. The van der Waals surface area contributed by atoms with E-state index in [0.29, 0.717) is 6.04 Å². The lowest BCUT2D eigenvalue weighted by atomic mass is 9.81. The van der Waals surface area contributed by atoms with Gasteiger partial charge < -0.3 is 15.0 Å². The van der Waals surface area contributed by atoms with Crippen molar-refractivity contribution in [1.29, 1.82) is 0 Å². The highest BCUT2D eigenvalue weighted by Gasteiger charge is 2.35. The Bertz CT molecular complexity index is 294. The van der Waals surface area contributed by atoms with E-state index in [9.17, 15) is 4.21 Å². The molecule has 0 spiro atoms. The summed E-state index contributed by atoms with van der Waals surface area (Å²) in [6.45, 7) is 10.3. The summed E-state index contributed by atoms with van der Waals surface area (Å²) in [5, 5.41) is 3.59. The maximum Gasteiger partial charge on any atom is 0.0546 e. The van der Waals surface area contributed by atoms with Crippen LogP contribution >= 0.6 is 0 Å². The molecule has 2 saturated heterocycles. The van der Waals surface area contributed by atoms with Crippen molar-refractivity contribution in [3.8, 4) is 0 Å². The Morgan fingerprint density at radius 2 is 2.11 bits per heavy atom. The molecule has 2 fully saturated rings. The van der Waals surface area contributed by atoms with Crippen molar-refractivity contribution in [2.45, 2.75) is 32.7 Å². The molecule has 2 aliphatic rings. The standard InChI is InChI=1S/C14H28N2O2S/c1-13(2)15-10-14(4-3-7-18-12-14)11-16-5-8-19(17)9-6-16/h13,15H,3-12H2,1-2H3. The molecule has 19 heavy (non-hydrogen) atoms. The molecule has 1 unspecified atom stereocenters. The van der Waals surface area contributed by atoms with Crippen LogP contribution in [0.5, 0.6) is 0 Å². The minimum atomic E-state index is -0.581. The minimum Gasteiger partial charge on any atom is -0.381 e. The predicted octanol–water partition coefficient (Wildman–Crippen LogP) is 0.846. The second-order valence-electron chi connectivity index (χ2n) is 6.32. The van der Waals surface area contributed by atoms with Crippen LogP contribution in [0.1, 0.15) is 26.7 Å². The van der Waals surface area contributed by atoms with Crippen molar-refractivity contribution in [3.05, 3.63) is 0 Å². The quantitative estimate of drug-likeness (QED) is 0.814. The van der Waals surface area contributed by atoms with E-state index in [1.54, 1.807) is 0 Å². The summed E-state index contributed by atoms with van der Waals surface area (Å²) < 4.78 is 17.2. The number of rotatable bonds is 5. The molecule has 0 radical (unpaired) electrons. The summed E-state index contributed by atoms with van der Waals surface area (Å²) >= 11 is 0. The first-order valence-electron chi connectivity index (χ1n) is 7.48. The molecule has 1 N–H and O–H groups in total. The van der Waals surface area contributed by atoms with Crippen LogP contribution in [0.4, 0.5) is 0 Å². The zero-order chi connectivity index (χ0) is 13.7. The summed E-state index contributed by atoms with van der Waals surface area (Å²) in [7, 11) is -0.581. The van der Waals surface area contributed by atoms with Crippen LogP contribution in [0.2, 0.25) is 0 Å². The van der Waals surface area contributed by atoms with Crippen molar-refractivity contribution < 1.29 is 8.95 Å². The first kappa shape index (κ1) is 15.4. The molecule has 5 heteroatoms. The van der Waals surface area contributed by atoms with E-state index in [-0.39, 0.29) is 5.41 Å². The SMILES string of the molecule is CC(C)NCC1(CN2CCS(=O)CC2)CCCOC1. The van der Waals surface area contributed by atoms with Crippen LogP contribution in [-0.2, 0) is 15.5 Å². The molecule has 0 saturated carbocycles. The second kappa shape index (κ2) is 7.16. The minimum absolute atomic E-state index is 0.251. The van der Waals surface area contributed by atoms with Crippen molar-refractivity contribution >= 4 is 10.8 Å². The highest BCUT2D eigenvalue weighted by atomic mass is 32.2. The molecule has 2 rings (SSSR count). The van der Waals surface area contributed by atoms with Crippen molar-refractivity contribution in [2.24, 2.45) is 5.41 Å². The van der Waals surface area contributed by atoms with Crippen LogP contribution in [-0.4, -0.2) is 66.0 Å². The van der Waals surface area contributed by atoms with Gasteiger partial charge >= 0.3 is 0 Å². The second-order valence-corrected chi connectivity index (χ2v) is 8.01. The lowest BCUT2D eigenvalue weighted by Crippen LogP contribution is -2.52. The van der Waals surface area contributed by atoms with Gasteiger partial charge in [-0.25, -0.2) is 0 Å². The molecule has 0 aliphatic carbocycles. The zero-order valence-electron chi connectivity index (χ0n) is 12.3. The van der Waals surface area contributed by atoms with Crippen LogP contribution in [0, 0.1) is 5.41 Å². The fourth-order valence-corrected chi connectivity index (χ4v) is 4.09. The Morgan fingerprint density at radius 3 is 2.68 bits per heavy atom. The smallest absolute Gasteiger partial charge is 0.0546 e. The lowest BCUT2D eigenvalue weighted by Gasteiger charge is -2.42. The number of hydrogen-bond donors (Lipinski definition) is 1. The topological polar surface area (TPSA) is 41.6 Å². The summed E-state index contributed by atoms with van der Waals surface area (Å²) in [5.41, 5.74) is 0.251. The number of nitrogens with zero attached hydrogens (tertiary/aromatic N) is 1. The molecule has 2 aliphatic heterocycles. The average molecular weight is 288 g/mol. The van der Waals surface area contributed by atoms with Gasteiger partial charge in [-0.05, 0) is 12.8 Å². The van der Waals surface area contributed by atoms with Gasteiger partial charge in [0.25, 0.3) is 0 Å². The largest absolute Gasteiger partial charge is 0.381 e. The third kappa shape index (κ3) is 4.81. The van der Waals surface area contributed by atoms with Gasteiger partial charge in [0.15, 0.2) is 0 Å². The number of hydrogen-bond acceptors (Lipinski definition) is 4. The third-order valence-electron chi connectivity index (χ3n) is 4.12. The average Bonchev–Trinajstić information content (AvgIpc) is 2.41. The van der Waals surface area contributed by atoms with Crippen LogP contribution in [0.15, 0.2) is 0 Å². The first-order chi connectivity index (χ1) is 9.10. The van der Waals surface area contributed by atoms with Crippen LogP contribution in [0.25, 0.3) is 0 Å². The van der Waals surface area contributed by atoms with E-state index in [1.807, 2.05) is 0 Å². The third-order valence-corrected chi connectivity index (χ3v) is 5.39. The van der Waals surface area contributed by atoms with Crippen LogP contribution < -0.4 is 5.32 Å².